The SMILES string of the molecule is Fc1ccccc1CCNC1CCC(C(F)(F)F)CC1. The van der Waals surface area contributed by atoms with Gasteiger partial charge in [-0.25, -0.2) is 4.39 Å². The summed E-state index contributed by atoms with van der Waals surface area (Å²) in [5.74, 6) is -1.37. The number of halogens is 4. The average Bonchev–Trinajstić information content (AvgIpc) is 2.40. The molecule has 1 aromatic carbocycles. The van der Waals surface area contributed by atoms with Crippen LogP contribution < -0.4 is 5.32 Å². The Morgan fingerprint density at radius 3 is 2.30 bits per heavy atom. The molecule has 112 valence electrons. The van der Waals surface area contributed by atoms with E-state index < -0.39 is 12.1 Å². The number of alkyl halides is 3. The summed E-state index contributed by atoms with van der Waals surface area (Å²) in [7, 11) is 0. The van der Waals surface area contributed by atoms with Crippen molar-refractivity contribution in [1.29, 1.82) is 0 Å². The zero-order valence-electron chi connectivity index (χ0n) is 11.2. The molecule has 20 heavy (non-hydrogen) atoms. The maximum Gasteiger partial charge on any atom is 0.391 e. The number of hydrogen-bond donors (Lipinski definition) is 1. The van der Waals surface area contributed by atoms with Crippen LogP contribution in [0.5, 0.6) is 0 Å². The topological polar surface area (TPSA) is 12.0 Å². The molecule has 0 atom stereocenters. The van der Waals surface area contributed by atoms with E-state index in [-0.39, 0.29) is 24.7 Å². The van der Waals surface area contributed by atoms with Crippen molar-refractivity contribution in [3.63, 3.8) is 0 Å². The minimum Gasteiger partial charge on any atom is -0.314 e. The normalized spacial score (nSPS) is 23.8. The number of rotatable bonds is 4. The third-order valence-corrected chi connectivity index (χ3v) is 3.98. The van der Waals surface area contributed by atoms with Crippen LogP contribution in [-0.4, -0.2) is 18.8 Å². The van der Waals surface area contributed by atoms with Crippen LogP contribution in [0, 0.1) is 11.7 Å². The van der Waals surface area contributed by atoms with E-state index >= 15 is 0 Å². The van der Waals surface area contributed by atoms with Gasteiger partial charge in [0.2, 0.25) is 0 Å². The van der Waals surface area contributed by atoms with Crippen molar-refractivity contribution in [2.45, 2.75) is 44.3 Å². The van der Waals surface area contributed by atoms with E-state index in [1.807, 2.05) is 0 Å². The highest BCUT2D eigenvalue weighted by Gasteiger charge is 2.41. The predicted octanol–water partition coefficient (Wildman–Crippen LogP) is 4.08. The molecule has 0 amide bonds. The van der Waals surface area contributed by atoms with Crippen LogP contribution in [0.1, 0.15) is 31.2 Å². The largest absolute Gasteiger partial charge is 0.391 e. The van der Waals surface area contributed by atoms with Crippen LogP contribution >= 0.6 is 0 Å². The molecule has 0 spiro atoms. The number of nitrogens with one attached hydrogen (secondary N) is 1. The fourth-order valence-corrected chi connectivity index (χ4v) is 2.74. The molecule has 1 aromatic rings. The molecule has 5 heteroatoms. The summed E-state index contributed by atoms with van der Waals surface area (Å²) >= 11 is 0. The van der Waals surface area contributed by atoms with Gasteiger partial charge in [0.1, 0.15) is 5.82 Å². The highest BCUT2D eigenvalue weighted by atomic mass is 19.4. The molecule has 0 heterocycles. The van der Waals surface area contributed by atoms with Gasteiger partial charge in [-0.3, -0.25) is 0 Å². The molecule has 1 N–H and O–H groups in total. The van der Waals surface area contributed by atoms with Gasteiger partial charge in [0, 0.05) is 6.04 Å². The summed E-state index contributed by atoms with van der Waals surface area (Å²) in [6.07, 6.45) is -2.02. The summed E-state index contributed by atoms with van der Waals surface area (Å²) in [5.41, 5.74) is 0.643. The maximum absolute atomic E-state index is 13.4. The summed E-state index contributed by atoms with van der Waals surface area (Å²) in [4.78, 5) is 0. The van der Waals surface area contributed by atoms with Gasteiger partial charge in [0.25, 0.3) is 0 Å². The molecule has 1 nitrogen and oxygen atoms in total. The Morgan fingerprint density at radius 1 is 1.05 bits per heavy atom. The maximum atomic E-state index is 13.4. The lowest BCUT2D eigenvalue weighted by Gasteiger charge is -2.30. The zero-order valence-corrected chi connectivity index (χ0v) is 11.2. The van der Waals surface area contributed by atoms with E-state index in [9.17, 15) is 17.6 Å². The van der Waals surface area contributed by atoms with Gasteiger partial charge >= 0.3 is 6.18 Å². The third kappa shape index (κ3) is 4.20. The summed E-state index contributed by atoms with van der Waals surface area (Å²) in [6, 6.07) is 6.71. The van der Waals surface area contributed by atoms with Crippen LogP contribution in [0.25, 0.3) is 0 Å². The first kappa shape index (κ1) is 15.3. The van der Waals surface area contributed by atoms with Crippen LogP contribution in [0.3, 0.4) is 0 Å². The fraction of sp³-hybridized carbons (Fsp3) is 0.600. The highest BCUT2D eigenvalue weighted by molar-refractivity contribution is 5.17. The molecule has 0 radical (unpaired) electrons. The van der Waals surface area contributed by atoms with Crippen molar-refractivity contribution >= 4 is 0 Å². The minimum atomic E-state index is -4.06. The standard InChI is InChI=1S/C15H19F4N/c16-14-4-2-1-3-11(14)9-10-20-13-7-5-12(6-8-13)15(17,18)19/h1-4,12-13,20H,5-10H2. The second-order valence-corrected chi connectivity index (χ2v) is 5.39. The Bertz CT molecular complexity index is 422. The lowest BCUT2D eigenvalue weighted by molar-refractivity contribution is -0.182. The van der Waals surface area contributed by atoms with Crippen molar-refractivity contribution in [2.75, 3.05) is 6.54 Å². The second-order valence-electron chi connectivity index (χ2n) is 5.39. The van der Waals surface area contributed by atoms with E-state index in [1.165, 1.54) is 6.07 Å². The van der Waals surface area contributed by atoms with Crippen molar-refractivity contribution < 1.29 is 17.6 Å². The van der Waals surface area contributed by atoms with Gasteiger partial charge < -0.3 is 5.32 Å². The lowest BCUT2D eigenvalue weighted by atomic mass is 9.85. The Kier molecular flexibility index (Phi) is 5.02. The van der Waals surface area contributed by atoms with Crippen molar-refractivity contribution in [3.05, 3.63) is 35.6 Å². The predicted molar refractivity (Wildman–Crippen MR) is 69.9 cm³/mol. The lowest BCUT2D eigenvalue weighted by Crippen LogP contribution is -2.37. The molecule has 1 aliphatic rings. The Morgan fingerprint density at radius 2 is 1.70 bits per heavy atom. The molecule has 1 saturated carbocycles. The van der Waals surface area contributed by atoms with Gasteiger partial charge in [-0.15, -0.1) is 0 Å². The minimum absolute atomic E-state index is 0.125. The van der Waals surface area contributed by atoms with Gasteiger partial charge in [-0.1, -0.05) is 18.2 Å². The van der Waals surface area contributed by atoms with Crippen LogP contribution in [0.2, 0.25) is 0 Å². The molecule has 2 rings (SSSR count). The first-order valence-electron chi connectivity index (χ1n) is 7.00. The van der Waals surface area contributed by atoms with E-state index in [4.69, 9.17) is 0 Å². The van der Waals surface area contributed by atoms with Crippen molar-refractivity contribution in [3.8, 4) is 0 Å². The van der Waals surface area contributed by atoms with Gasteiger partial charge in [-0.05, 0) is 50.3 Å². The summed E-state index contributed by atoms with van der Waals surface area (Å²) in [6.45, 7) is 0.599. The first-order valence-corrected chi connectivity index (χ1v) is 7.00. The van der Waals surface area contributed by atoms with Crippen LogP contribution in [-0.2, 0) is 6.42 Å². The second kappa shape index (κ2) is 6.57. The molecule has 1 fully saturated rings. The van der Waals surface area contributed by atoms with Gasteiger partial charge in [-0.2, -0.15) is 13.2 Å². The van der Waals surface area contributed by atoms with E-state index in [2.05, 4.69) is 5.32 Å². The van der Waals surface area contributed by atoms with Gasteiger partial charge in [0.05, 0.1) is 5.92 Å². The van der Waals surface area contributed by atoms with Crippen LogP contribution in [0.15, 0.2) is 24.3 Å². The molecule has 0 bridgehead atoms. The van der Waals surface area contributed by atoms with E-state index in [1.54, 1.807) is 18.2 Å². The molecule has 0 aliphatic heterocycles. The fourth-order valence-electron chi connectivity index (χ4n) is 2.74. The van der Waals surface area contributed by atoms with Crippen molar-refractivity contribution in [1.82, 2.24) is 5.32 Å². The van der Waals surface area contributed by atoms with Crippen LogP contribution in [0.4, 0.5) is 17.6 Å². The zero-order chi connectivity index (χ0) is 14.6. The third-order valence-electron chi connectivity index (χ3n) is 3.98. The Hall–Kier alpha value is -1.10. The molecule has 1 aliphatic carbocycles. The van der Waals surface area contributed by atoms with E-state index in [0.717, 1.165) is 0 Å². The van der Waals surface area contributed by atoms with Crippen molar-refractivity contribution in [2.24, 2.45) is 5.92 Å². The highest BCUT2D eigenvalue weighted by Crippen LogP contribution is 2.37. The Balaban J connectivity index is 1.71. The van der Waals surface area contributed by atoms with E-state index in [0.29, 0.717) is 31.4 Å². The quantitative estimate of drug-likeness (QED) is 0.824. The Labute approximate surface area is 116 Å². The molecular weight excluding hydrogens is 270 g/mol. The molecule has 0 saturated heterocycles. The smallest absolute Gasteiger partial charge is 0.314 e. The molecular formula is C15H19F4N. The van der Waals surface area contributed by atoms with Gasteiger partial charge in [0.15, 0.2) is 0 Å². The summed E-state index contributed by atoms with van der Waals surface area (Å²) < 4.78 is 51.0. The number of benzene rings is 1. The average molecular weight is 289 g/mol. The number of hydrogen-bond acceptors (Lipinski definition) is 1. The molecule has 0 aromatic heterocycles. The summed E-state index contributed by atoms with van der Waals surface area (Å²) in [5, 5.41) is 3.24. The monoisotopic (exact) mass is 289 g/mol. The molecule has 0 unspecified atom stereocenters. The first-order chi connectivity index (χ1) is 9.47.